The van der Waals surface area contributed by atoms with Gasteiger partial charge in [-0.3, -0.25) is 4.79 Å². The third-order valence-electron chi connectivity index (χ3n) is 3.30. The highest BCUT2D eigenvalue weighted by Gasteiger charge is 2.32. The highest BCUT2D eigenvalue weighted by molar-refractivity contribution is 5.92. The van der Waals surface area contributed by atoms with Gasteiger partial charge in [-0.2, -0.15) is 0 Å². The van der Waals surface area contributed by atoms with Gasteiger partial charge in [0.25, 0.3) is 0 Å². The van der Waals surface area contributed by atoms with E-state index in [2.05, 4.69) is 29.9 Å². The summed E-state index contributed by atoms with van der Waals surface area (Å²) in [5.41, 5.74) is 2.43. The van der Waals surface area contributed by atoms with Crippen molar-refractivity contribution < 1.29 is 9.53 Å². The minimum absolute atomic E-state index is 0.0208. The summed E-state index contributed by atoms with van der Waals surface area (Å²) in [6, 6.07) is 6.03. The third kappa shape index (κ3) is 2.03. The van der Waals surface area contributed by atoms with Crippen molar-refractivity contribution >= 4 is 5.78 Å². The molecule has 0 atom stereocenters. The highest BCUT2D eigenvalue weighted by Crippen LogP contribution is 2.41. The summed E-state index contributed by atoms with van der Waals surface area (Å²) in [5.74, 6) is 1.53. The van der Waals surface area contributed by atoms with E-state index in [4.69, 9.17) is 4.74 Å². The summed E-state index contributed by atoms with van der Waals surface area (Å²) in [7, 11) is 0. The van der Waals surface area contributed by atoms with Crippen LogP contribution < -0.4 is 4.74 Å². The average Bonchev–Trinajstić information content (AvgIpc) is 2.90. The molecule has 0 radical (unpaired) electrons. The number of nitrogens with zero attached hydrogens (tertiary/aromatic N) is 1. The summed E-state index contributed by atoms with van der Waals surface area (Å²) in [4.78, 5) is 18.6. The maximum Gasteiger partial charge on any atom is 0.177 e. The van der Waals surface area contributed by atoms with Crippen LogP contribution in [-0.2, 0) is 6.42 Å². The lowest BCUT2D eigenvalue weighted by molar-refractivity contribution is 0.101. The summed E-state index contributed by atoms with van der Waals surface area (Å²) in [6.07, 6.45) is 2.45. The molecule has 4 nitrogen and oxygen atoms in total. The molecule has 0 spiro atoms. The molecule has 3 rings (SSSR count). The Kier molecular flexibility index (Phi) is 2.49. The second-order valence-corrected chi connectivity index (χ2v) is 5.53. The molecule has 0 saturated heterocycles. The Morgan fingerprint density at radius 3 is 2.89 bits per heavy atom. The van der Waals surface area contributed by atoms with Gasteiger partial charge >= 0.3 is 0 Å². The van der Waals surface area contributed by atoms with Crippen LogP contribution in [0.15, 0.2) is 24.4 Å². The van der Waals surface area contributed by atoms with E-state index in [1.54, 1.807) is 6.20 Å². The molecule has 2 aromatic rings. The van der Waals surface area contributed by atoms with Crippen LogP contribution in [0.25, 0.3) is 11.4 Å². The standard InChI is InChI=1S/C15H16N2O2/c1-9(18)12-8-16-14(17-12)11-6-4-5-10-7-15(2,3)19-13(10)11/h4-6,8H,7H2,1-3H3,(H,16,17). The zero-order valence-corrected chi connectivity index (χ0v) is 11.3. The number of aromatic amines is 1. The normalized spacial score (nSPS) is 15.9. The lowest BCUT2D eigenvalue weighted by Gasteiger charge is -2.17. The summed E-state index contributed by atoms with van der Waals surface area (Å²) in [6.45, 7) is 5.66. The zero-order valence-electron chi connectivity index (χ0n) is 11.3. The number of H-pyrrole nitrogens is 1. The monoisotopic (exact) mass is 256 g/mol. The number of para-hydroxylation sites is 1. The minimum atomic E-state index is -0.186. The van der Waals surface area contributed by atoms with E-state index in [0.29, 0.717) is 11.5 Å². The number of benzene rings is 1. The van der Waals surface area contributed by atoms with Crippen molar-refractivity contribution in [2.24, 2.45) is 0 Å². The predicted octanol–water partition coefficient (Wildman–Crippen LogP) is 2.99. The number of ketones is 1. The number of hydrogen-bond donors (Lipinski definition) is 1. The summed E-state index contributed by atoms with van der Waals surface area (Å²) in [5, 5.41) is 0. The second kappa shape index (κ2) is 3.95. The summed E-state index contributed by atoms with van der Waals surface area (Å²) < 4.78 is 6.00. The first-order chi connectivity index (χ1) is 8.96. The van der Waals surface area contributed by atoms with Crippen LogP contribution in [-0.4, -0.2) is 21.4 Å². The number of Topliss-reactive ketones (excluding diaryl/α,β-unsaturated/α-hetero) is 1. The number of carbonyl (C=O) groups is 1. The zero-order chi connectivity index (χ0) is 13.6. The van der Waals surface area contributed by atoms with E-state index in [1.807, 2.05) is 12.1 Å². The molecule has 1 aromatic heterocycles. The van der Waals surface area contributed by atoms with Crippen molar-refractivity contribution in [2.45, 2.75) is 32.8 Å². The number of ether oxygens (including phenoxy) is 1. The van der Waals surface area contributed by atoms with Crippen molar-refractivity contribution in [3.8, 4) is 17.1 Å². The van der Waals surface area contributed by atoms with E-state index in [0.717, 1.165) is 17.7 Å². The van der Waals surface area contributed by atoms with E-state index in [9.17, 15) is 4.79 Å². The number of rotatable bonds is 2. The number of hydrogen-bond acceptors (Lipinski definition) is 3. The van der Waals surface area contributed by atoms with Gasteiger partial charge in [-0.15, -0.1) is 0 Å². The van der Waals surface area contributed by atoms with Gasteiger partial charge in [0.05, 0.1) is 11.8 Å². The molecule has 1 N–H and O–H groups in total. The summed E-state index contributed by atoms with van der Waals surface area (Å²) >= 11 is 0. The van der Waals surface area contributed by atoms with Gasteiger partial charge < -0.3 is 9.72 Å². The first-order valence-corrected chi connectivity index (χ1v) is 6.33. The van der Waals surface area contributed by atoms with Gasteiger partial charge in [-0.25, -0.2) is 4.98 Å². The van der Waals surface area contributed by atoms with Crippen LogP contribution in [0.4, 0.5) is 0 Å². The molecular weight excluding hydrogens is 240 g/mol. The van der Waals surface area contributed by atoms with Crippen molar-refractivity contribution in [3.05, 3.63) is 35.7 Å². The van der Waals surface area contributed by atoms with Crippen LogP contribution in [0.2, 0.25) is 0 Å². The topological polar surface area (TPSA) is 55.0 Å². The fourth-order valence-corrected chi connectivity index (χ4v) is 2.44. The molecule has 0 fully saturated rings. The van der Waals surface area contributed by atoms with Gasteiger partial charge in [0.2, 0.25) is 0 Å². The van der Waals surface area contributed by atoms with Crippen LogP contribution >= 0.6 is 0 Å². The van der Waals surface area contributed by atoms with Crippen LogP contribution in [0.5, 0.6) is 5.75 Å². The van der Waals surface area contributed by atoms with E-state index in [-0.39, 0.29) is 11.4 Å². The lowest BCUT2D eigenvalue weighted by Crippen LogP contribution is -2.24. The molecular formula is C15H16N2O2. The maximum absolute atomic E-state index is 11.3. The molecule has 0 saturated carbocycles. The SMILES string of the molecule is CC(=O)c1cnc(-c2cccc3c2OC(C)(C)C3)[nH]1. The molecule has 4 heteroatoms. The van der Waals surface area contributed by atoms with E-state index in [1.165, 1.54) is 12.5 Å². The average molecular weight is 256 g/mol. The van der Waals surface area contributed by atoms with Gasteiger partial charge in [0.1, 0.15) is 22.9 Å². The van der Waals surface area contributed by atoms with Crippen molar-refractivity contribution in [2.75, 3.05) is 0 Å². The quantitative estimate of drug-likeness (QED) is 0.840. The predicted molar refractivity (Wildman–Crippen MR) is 72.4 cm³/mol. The molecule has 0 aliphatic carbocycles. The Hall–Kier alpha value is -2.10. The van der Waals surface area contributed by atoms with Crippen molar-refractivity contribution in [1.29, 1.82) is 0 Å². The minimum Gasteiger partial charge on any atom is -0.486 e. The van der Waals surface area contributed by atoms with Crippen molar-refractivity contribution in [1.82, 2.24) is 9.97 Å². The molecule has 1 aliphatic heterocycles. The molecule has 0 bridgehead atoms. The van der Waals surface area contributed by atoms with Gasteiger partial charge in [0.15, 0.2) is 5.78 Å². The Morgan fingerprint density at radius 1 is 1.42 bits per heavy atom. The molecule has 98 valence electrons. The fraction of sp³-hybridized carbons (Fsp3) is 0.333. The number of carbonyl (C=O) groups excluding carboxylic acids is 1. The molecule has 0 amide bonds. The van der Waals surface area contributed by atoms with Crippen LogP contribution in [0, 0.1) is 0 Å². The van der Waals surface area contributed by atoms with Crippen LogP contribution in [0.3, 0.4) is 0 Å². The first-order valence-electron chi connectivity index (χ1n) is 6.33. The third-order valence-corrected chi connectivity index (χ3v) is 3.30. The first kappa shape index (κ1) is 12.0. The van der Waals surface area contributed by atoms with Gasteiger partial charge in [-0.1, -0.05) is 12.1 Å². The van der Waals surface area contributed by atoms with Gasteiger partial charge in [-0.05, 0) is 25.5 Å². The smallest absolute Gasteiger partial charge is 0.177 e. The fourth-order valence-electron chi connectivity index (χ4n) is 2.44. The van der Waals surface area contributed by atoms with Gasteiger partial charge in [0, 0.05) is 13.3 Å². The Labute approximate surface area is 111 Å². The molecule has 1 aromatic carbocycles. The molecule has 1 aliphatic rings. The molecule has 0 unspecified atom stereocenters. The highest BCUT2D eigenvalue weighted by atomic mass is 16.5. The molecule has 19 heavy (non-hydrogen) atoms. The Morgan fingerprint density at radius 2 is 2.21 bits per heavy atom. The largest absolute Gasteiger partial charge is 0.486 e. The maximum atomic E-state index is 11.3. The molecule has 2 heterocycles. The van der Waals surface area contributed by atoms with Crippen LogP contribution in [0.1, 0.15) is 36.8 Å². The number of nitrogens with one attached hydrogen (secondary N) is 1. The van der Waals surface area contributed by atoms with E-state index >= 15 is 0 Å². The lowest BCUT2D eigenvalue weighted by atomic mass is 10.0. The number of fused-ring (bicyclic) bond motifs is 1. The Bertz CT molecular complexity index is 656. The van der Waals surface area contributed by atoms with Crippen molar-refractivity contribution in [3.63, 3.8) is 0 Å². The second-order valence-electron chi connectivity index (χ2n) is 5.53. The Balaban J connectivity index is 2.07. The number of aromatic nitrogens is 2. The number of imidazole rings is 1. The van der Waals surface area contributed by atoms with E-state index < -0.39 is 0 Å².